The van der Waals surface area contributed by atoms with Crippen molar-refractivity contribution in [3.63, 3.8) is 0 Å². The van der Waals surface area contributed by atoms with E-state index in [1.807, 2.05) is 0 Å². The van der Waals surface area contributed by atoms with E-state index < -0.39 is 17.4 Å². The summed E-state index contributed by atoms with van der Waals surface area (Å²) >= 11 is 0. The van der Waals surface area contributed by atoms with Gasteiger partial charge in [0.05, 0.1) is 17.6 Å². The Morgan fingerprint density at radius 3 is 2.61 bits per heavy atom. The van der Waals surface area contributed by atoms with E-state index >= 15 is 0 Å². The summed E-state index contributed by atoms with van der Waals surface area (Å²) in [5.41, 5.74) is 5.95. The Morgan fingerprint density at radius 2 is 2.04 bits per heavy atom. The van der Waals surface area contributed by atoms with Crippen LogP contribution in [0, 0.1) is 6.92 Å². The second kappa shape index (κ2) is 5.08. The zero-order valence-corrected chi connectivity index (χ0v) is 12.6. The van der Waals surface area contributed by atoms with Crippen LogP contribution in [0.4, 0.5) is 30.6 Å². The van der Waals surface area contributed by atoms with E-state index in [1.165, 1.54) is 7.05 Å². The van der Waals surface area contributed by atoms with Crippen molar-refractivity contribution in [1.29, 1.82) is 0 Å². The van der Waals surface area contributed by atoms with Gasteiger partial charge in [-0.1, -0.05) is 0 Å². The van der Waals surface area contributed by atoms with Crippen LogP contribution >= 0.6 is 0 Å². The summed E-state index contributed by atoms with van der Waals surface area (Å²) in [6.07, 6.45) is -0.382. The molecule has 0 spiro atoms. The SMILES string of the molecule is CNc1nc(Nc2cn(C3(N)CC3)nc2C)ncc1C(F)(F)F. The first kappa shape index (κ1) is 15.5. The van der Waals surface area contributed by atoms with Crippen molar-refractivity contribution in [2.75, 3.05) is 17.7 Å². The first-order chi connectivity index (χ1) is 10.7. The minimum Gasteiger partial charge on any atom is -0.372 e. The molecule has 10 heteroatoms. The van der Waals surface area contributed by atoms with E-state index in [1.54, 1.807) is 17.8 Å². The van der Waals surface area contributed by atoms with Gasteiger partial charge in [-0.15, -0.1) is 0 Å². The molecule has 7 nitrogen and oxygen atoms in total. The maximum absolute atomic E-state index is 12.8. The van der Waals surface area contributed by atoms with E-state index in [0.29, 0.717) is 11.4 Å². The molecule has 3 rings (SSSR count). The second-order valence-corrected chi connectivity index (χ2v) is 5.50. The Hall–Kier alpha value is -2.36. The minimum absolute atomic E-state index is 0.0480. The quantitative estimate of drug-likeness (QED) is 0.797. The third kappa shape index (κ3) is 2.93. The van der Waals surface area contributed by atoms with E-state index in [-0.39, 0.29) is 11.8 Å². The number of alkyl halides is 3. The van der Waals surface area contributed by atoms with Crippen LogP contribution in [-0.4, -0.2) is 26.8 Å². The van der Waals surface area contributed by atoms with Crippen LogP contribution in [0.1, 0.15) is 24.1 Å². The lowest BCUT2D eigenvalue weighted by atomic mass is 10.3. The summed E-state index contributed by atoms with van der Waals surface area (Å²) in [7, 11) is 1.37. The van der Waals surface area contributed by atoms with Gasteiger partial charge in [0.25, 0.3) is 0 Å². The Morgan fingerprint density at radius 1 is 1.35 bits per heavy atom. The van der Waals surface area contributed by atoms with E-state index in [9.17, 15) is 13.2 Å². The van der Waals surface area contributed by atoms with Gasteiger partial charge >= 0.3 is 6.18 Å². The Balaban J connectivity index is 1.87. The van der Waals surface area contributed by atoms with Crippen molar-refractivity contribution in [1.82, 2.24) is 19.7 Å². The van der Waals surface area contributed by atoms with Crippen LogP contribution in [-0.2, 0) is 11.8 Å². The van der Waals surface area contributed by atoms with Gasteiger partial charge in [0.1, 0.15) is 17.0 Å². The molecule has 23 heavy (non-hydrogen) atoms. The van der Waals surface area contributed by atoms with Crippen LogP contribution in [0.25, 0.3) is 0 Å². The van der Waals surface area contributed by atoms with E-state index in [4.69, 9.17) is 5.73 Å². The monoisotopic (exact) mass is 327 g/mol. The highest BCUT2D eigenvalue weighted by atomic mass is 19.4. The summed E-state index contributed by atoms with van der Waals surface area (Å²) in [6.45, 7) is 1.77. The fourth-order valence-electron chi connectivity index (χ4n) is 2.13. The number of hydrogen-bond donors (Lipinski definition) is 3. The van der Waals surface area contributed by atoms with Gasteiger partial charge in [-0.3, -0.25) is 4.68 Å². The normalized spacial score (nSPS) is 16.3. The molecule has 2 heterocycles. The molecule has 0 bridgehead atoms. The van der Waals surface area contributed by atoms with Crippen molar-refractivity contribution in [3.8, 4) is 0 Å². The molecule has 0 atom stereocenters. The lowest BCUT2D eigenvalue weighted by molar-refractivity contribution is -0.137. The molecular formula is C13H16F3N7. The Bertz CT molecular complexity index is 734. The minimum atomic E-state index is -4.52. The number of nitrogens with zero attached hydrogens (tertiary/aromatic N) is 4. The van der Waals surface area contributed by atoms with Gasteiger partial charge in [-0.05, 0) is 19.8 Å². The van der Waals surface area contributed by atoms with Gasteiger partial charge in [0.15, 0.2) is 0 Å². The first-order valence-corrected chi connectivity index (χ1v) is 6.97. The average molecular weight is 327 g/mol. The molecule has 1 saturated carbocycles. The molecule has 2 aromatic rings. The summed E-state index contributed by atoms with van der Waals surface area (Å²) < 4.78 is 40.2. The van der Waals surface area contributed by atoms with Gasteiger partial charge in [-0.2, -0.15) is 23.3 Å². The topological polar surface area (TPSA) is 93.7 Å². The number of nitrogens with two attached hydrogens (primary N) is 1. The molecule has 4 N–H and O–H groups in total. The maximum atomic E-state index is 12.8. The number of nitrogens with one attached hydrogen (secondary N) is 2. The first-order valence-electron chi connectivity index (χ1n) is 6.97. The maximum Gasteiger partial charge on any atom is 0.421 e. The van der Waals surface area contributed by atoms with E-state index in [0.717, 1.165) is 19.0 Å². The molecule has 1 aliphatic carbocycles. The third-order valence-electron chi connectivity index (χ3n) is 3.69. The predicted molar refractivity (Wildman–Crippen MR) is 78.2 cm³/mol. The highest BCUT2D eigenvalue weighted by Gasteiger charge is 2.41. The Labute approximate surface area is 130 Å². The lowest BCUT2D eigenvalue weighted by Crippen LogP contribution is -2.27. The lowest BCUT2D eigenvalue weighted by Gasteiger charge is -2.12. The van der Waals surface area contributed by atoms with Gasteiger partial charge < -0.3 is 16.4 Å². The molecule has 124 valence electrons. The van der Waals surface area contributed by atoms with Crippen LogP contribution in [0.2, 0.25) is 0 Å². The molecule has 0 unspecified atom stereocenters. The zero-order valence-electron chi connectivity index (χ0n) is 12.6. The van der Waals surface area contributed by atoms with Gasteiger partial charge in [-0.25, -0.2) is 4.98 Å². The summed E-state index contributed by atoms with van der Waals surface area (Å²) in [5, 5.41) is 9.63. The number of hydrogen-bond acceptors (Lipinski definition) is 6. The summed E-state index contributed by atoms with van der Waals surface area (Å²) in [5.74, 6) is -0.246. The number of rotatable bonds is 4. The molecule has 1 fully saturated rings. The molecular weight excluding hydrogens is 311 g/mol. The average Bonchev–Trinajstić information content (AvgIpc) is 3.12. The third-order valence-corrected chi connectivity index (χ3v) is 3.69. The smallest absolute Gasteiger partial charge is 0.372 e. The predicted octanol–water partition coefficient (Wildman–Crippen LogP) is 2.19. The number of aromatic nitrogens is 4. The van der Waals surface area contributed by atoms with Crippen LogP contribution in [0.5, 0.6) is 0 Å². The van der Waals surface area contributed by atoms with Gasteiger partial charge in [0, 0.05) is 13.2 Å². The van der Waals surface area contributed by atoms with Crippen molar-refractivity contribution in [2.45, 2.75) is 31.6 Å². The second-order valence-electron chi connectivity index (χ2n) is 5.50. The largest absolute Gasteiger partial charge is 0.421 e. The van der Waals surface area contributed by atoms with Crippen molar-refractivity contribution in [3.05, 3.63) is 23.7 Å². The summed E-state index contributed by atoms with van der Waals surface area (Å²) in [6, 6.07) is 0. The highest BCUT2D eigenvalue weighted by molar-refractivity contribution is 5.58. The fourth-order valence-corrected chi connectivity index (χ4v) is 2.13. The van der Waals surface area contributed by atoms with Gasteiger partial charge in [0.2, 0.25) is 5.95 Å². The van der Waals surface area contributed by atoms with Crippen molar-refractivity contribution < 1.29 is 13.2 Å². The van der Waals surface area contributed by atoms with Crippen molar-refractivity contribution in [2.24, 2.45) is 5.73 Å². The van der Waals surface area contributed by atoms with Crippen LogP contribution < -0.4 is 16.4 Å². The fraction of sp³-hybridized carbons (Fsp3) is 0.462. The molecule has 0 aromatic carbocycles. The highest BCUT2D eigenvalue weighted by Crippen LogP contribution is 2.38. The number of anilines is 3. The molecule has 0 aliphatic heterocycles. The van der Waals surface area contributed by atoms with Crippen molar-refractivity contribution >= 4 is 17.5 Å². The van der Waals surface area contributed by atoms with Crippen LogP contribution in [0.3, 0.4) is 0 Å². The Kier molecular flexibility index (Phi) is 3.43. The molecule has 0 amide bonds. The number of aryl methyl sites for hydroxylation is 1. The molecule has 1 aliphatic rings. The van der Waals surface area contributed by atoms with Crippen LogP contribution in [0.15, 0.2) is 12.4 Å². The molecule has 0 radical (unpaired) electrons. The molecule has 0 saturated heterocycles. The zero-order chi connectivity index (χ0) is 16.8. The molecule has 2 aromatic heterocycles. The summed E-state index contributed by atoms with van der Waals surface area (Å²) in [4.78, 5) is 7.59. The standard InChI is InChI=1S/C13H16F3N7/c1-7-9(6-23(22-7)12(17)3-4-12)20-11-19-5-8(13(14,15)16)10(18-2)21-11/h5-6H,3-4,17H2,1-2H3,(H2,18,19,20,21). The number of halogens is 3. The van der Waals surface area contributed by atoms with E-state index in [2.05, 4.69) is 25.7 Å².